The molecule has 1 heterocycles. The van der Waals surface area contributed by atoms with E-state index in [4.69, 9.17) is 5.73 Å². The number of benzene rings is 3. The Morgan fingerprint density at radius 2 is 1.71 bits per heavy atom. The van der Waals surface area contributed by atoms with Gasteiger partial charge in [0.15, 0.2) is 5.82 Å². The van der Waals surface area contributed by atoms with Gasteiger partial charge in [0, 0.05) is 16.5 Å². The highest BCUT2D eigenvalue weighted by molar-refractivity contribution is 6.01. The monoisotopic (exact) mass is 370 g/mol. The Morgan fingerprint density at radius 1 is 0.964 bits per heavy atom. The fraction of sp³-hybridized carbons (Fsp3) is 0.0455. The van der Waals surface area contributed by atoms with Crippen molar-refractivity contribution < 1.29 is 9.90 Å². The molecule has 0 fully saturated rings. The first-order valence-corrected chi connectivity index (χ1v) is 8.78. The van der Waals surface area contributed by atoms with Gasteiger partial charge in [0.25, 0.3) is 0 Å². The lowest BCUT2D eigenvalue weighted by atomic mass is 10.00. The number of primary amides is 1. The zero-order valence-electron chi connectivity index (χ0n) is 15.0. The highest BCUT2D eigenvalue weighted by atomic mass is 16.3. The van der Waals surface area contributed by atoms with E-state index in [1.54, 1.807) is 18.3 Å². The number of carbonyl (C=O) groups is 1. The molecule has 4 aromatic rings. The summed E-state index contributed by atoms with van der Waals surface area (Å²) in [6.07, 6.45) is 1.95. The lowest BCUT2D eigenvalue weighted by molar-refractivity contribution is -0.117. The second-order valence-electron chi connectivity index (χ2n) is 6.47. The topological polar surface area (TPSA) is 101 Å². The smallest absolute Gasteiger partial charge is 0.221 e. The molecule has 0 saturated heterocycles. The quantitative estimate of drug-likeness (QED) is 0.496. The number of amides is 1. The van der Waals surface area contributed by atoms with E-state index >= 15 is 0 Å². The van der Waals surface area contributed by atoms with Crippen molar-refractivity contribution in [1.82, 2.24) is 10.2 Å². The minimum absolute atomic E-state index is 0.213. The second-order valence-corrected chi connectivity index (χ2v) is 6.47. The SMILES string of the molecule is NC(=O)Cc1ccc(Nc2nncc3c(-c4ccc(O)cc4)cccc23)cc1. The summed E-state index contributed by atoms with van der Waals surface area (Å²) in [7, 11) is 0. The maximum absolute atomic E-state index is 11.0. The lowest BCUT2D eigenvalue weighted by Gasteiger charge is -2.11. The van der Waals surface area contributed by atoms with Gasteiger partial charge in [0.1, 0.15) is 5.75 Å². The largest absolute Gasteiger partial charge is 0.508 e. The maximum atomic E-state index is 11.0. The molecule has 4 rings (SSSR count). The molecule has 0 radical (unpaired) electrons. The van der Waals surface area contributed by atoms with E-state index in [9.17, 15) is 9.90 Å². The molecule has 6 nitrogen and oxygen atoms in total. The van der Waals surface area contributed by atoms with Crippen molar-refractivity contribution in [3.63, 3.8) is 0 Å². The molecular formula is C22H18N4O2. The molecule has 0 saturated carbocycles. The van der Waals surface area contributed by atoms with Gasteiger partial charge in [-0.15, -0.1) is 5.10 Å². The molecule has 138 valence electrons. The van der Waals surface area contributed by atoms with Crippen LogP contribution in [0.4, 0.5) is 11.5 Å². The minimum Gasteiger partial charge on any atom is -0.508 e. The molecule has 3 aromatic carbocycles. The highest BCUT2D eigenvalue weighted by Gasteiger charge is 2.09. The summed E-state index contributed by atoms with van der Waals surface area (Å²) in [5.74, 6) is 0.508. The van der Waals surface area contributed by atoms with Gasteiger partial charge in [-0.2, -0.15) is 5.10 Å². The molecule has 0 aliphatic carbocycles. The molecule has 0 bridgehead atoms. The molecule has 28 heavy (non-hydrogen) atoms. The number of hydrogen-bond donors (Lipinski definition) is 3. The van der Waals surface area contributed by atoms with Gasteiger partial charge in [-0.1, -0.05) is 42.5 Å². The molecule has 0 aliphatic heterocycles. The van der Waals surface area contributed by atoms with Gasteiger partial charge in [-0.05, 0) is 41.0 Å². The second kappa shape index (κ2) is 7.36. The Hall–Kier alpha value is -3.93. The summed E-state index contributed by atoms with van der Waals surface area (Å²) in [5.41, 5.74) is 8.92. The summed E-state index contributed by atoms with van der Waals surface area (Å²) in [5, 5.41) is 23.1. The van der Waals surface area contributed by atoms with Gasteiger partial charge >= 0.3 is 0 Å². The van der Waals surface area contributed by atoms with Crippen molar-refractivity contribution in [2.24, 2.45) is 5.73 Å². The first-order chi connectivity index (χ1) is 13.6. The van der Waals surface area contributed by atoms with Gasteiger partial charge in [-0.3, -0.25) is 4.79 Å². The van der Waals surface area contributed by atoms with E-state index < -0.39 is 0 Å². The Bertz CT molecular complexity index is 1140. The van der Waals surface area contributed by atoms with Gasteiger partial charge in [0.05, 0.1) is 12.6 Å². The number of nitrogens with zero attached hydrogens (tertiary/aromatic N) is 2. The van der Waals surface area contributed by atoms with Crippen LogP contribution >= 0.6 is 0 Å². The highest BCUT2D eigenvalue weighted by Crippen LogP contribution is 2.32. The number of carbonyl (C=O) groups excluding carboxylic acids is 1. The number of nitrogens with two attached hydrogens (primary N) is 1. The molecule has 1 aromatic heterocycles. The molecule has 4 N–H and O–H groups in total. The van der Waals surface area contributed by atoms with Crippen LogP contribution in [-0.4, -0.2) is 21.2 Å². The van der Waals surface area contributed by atoms with Crippen molar-refractivity contribution >= 4 is 28.2 Å². The van der Waals surface area contributed by atoms with Gasteiger partial charge in [0.2, 0.25) is 5.91 Å². The molecule has 0 aliphatic rings. The van der Waals surface area contributed by atoms with E-state index in [-0.39, 0.29) is 18.1 Å². The van der Waals surface area contributed by atoms with E-state index in [0.29, 0.717) is 5.82 Å². The Labute approximate surface area is 161 Å². The Morgan fingerprint density at radius 3 is 2.43 bits per heavy atom. The summed E-state index contributed by atoms with van der Waals surface area (Å²) >= 11 is 0. The van der Waals surface area contributed by atoms with Gasteiger partial charge < -0.3 is 16.2 Å². The van der Waals surface area contributed by atoms with E-state index in [1.807, 2.05) is 54.6 Å². The Balaban J connectivity index is 1.69. The first kappa shape index (κ1) is 17.5. The number of fused-ring (bicyclic) bond motifs is 1. The number of phenols is 1. The zero-order chi connectivity index (χ0) is 19.5. The van der Waals surface area contributed by atoms with Crippen LogP contribution in [0.3, 0.4) is 0 Å². The molecule has 0 atom stereocenters. The summed E-state index contributed by atoms with van der Waals surface area (Å²) in [4.78, 5) is 11.0. The van der Waals surface area contributed by atoms with Crippen molar-refractivity contribution in [1.29, 1.82) is 0 Å². The van der Waals surface area contributed by atoms with Crippen LogP contribution in [-0.2, 0) is 11.2 Å². The third-order valence-corrected chi connectivity index (χ3v) is 4.48. The third-order valence-electron chi connectivity index (χ3n) is 4.48. The maximum Gasteiger partial charge on any atom is 0.221 e. The van der Waals surface area contributed by atoms with E-state index in [2.05, 4.69) is 15.5 Å². The number of aromatic hydroxyl groups is 1. The average Bonchev–Trinajstić information content (AvgIpc) is 2.70. The standard InChI is InChI=1S/C22H18N4O2/c23-21(28)12-14-4-8-16(9-5-14)25-22-19-3-1-2-18(20(19)13-24-26-22)15-6-10-17(27)11-7-15/h1-11,13,27H,12H2,(H2,23,28)(H,25,26). The molecule has 0 unspecified atom stereocenters. The number of nitrogens with one attached hydrogen (secondary N) is 1. The number of phenolic OH excluding ortho intramolecular Hbond substituents is 1. The summed E-state index contributed by atoms with van der Waals surface area (Å²) in [6.45, 7) is 0. The van der Waals surface area contributed by atoms with Crippen LogP contribution in [0.5, 0.6) is 5.75 Å². The first-order valence-electron chi connectivity index (χ1n) is 8.78. The number of aromatic nitrogens is 2. The van der Waals surface area contributed by atoms with E-state index in [1.165, 1.54) is 0 Å². The third kappa shape index (κ3) is 3.61. The fourth-order valence-corrected chi connectivity index (χ4v) is 3.14. The minimum atomic E-state index is -0.359. The molecule has 1 amide bonds. The van der Waals surface area contributed by atoms with Crippen molar-refractivity contribution in [2.75, 3.05) is 5.32 Å². The van der Waals surface area contributed by atoms with Crippen LogP contribution in [0.1, 0.15) is 5.56 Å². The summed E-state index contributed by atoms with van der Waals surface area (Å²) < 4.78 is 0. The Kier molecular flexibility index (Phi) is 4.60. The van der Waals surface area contributed by atoms with Gasteiger partial charge in [-0.25, -0.2) is 0 Å². The van der Waals surface area contributed by atoms with Crippen molar-refractivity contribution in [3.05, 3.63) is 78.5 Å². The van der Waals surface area contributed by atoms with Crippen molar-refractivity contribution in [3.8, 4) is 16.9 Å². The predicted octanol–water partition coefficient (Wildman–Crippen LogP) is 3.77. The van der Waals surface area contributed by atoms with Crippen LogP contribution in [0.15, 0.2) is 72.9 Å². The van der Waals surface area contributed by atoms with Crippen LogP contribution < -0.4 is 11.1 Å². The average molecular weight is 370 g/mol. The van der Waals surface area contributed by atoms with E-state index in [0.717, 1.165) is 33.2 Å². The van der Waals surface area contributed by atoms with Crippen LogP contribution in [0.2, 0.25) is 0 Å². The zero-order valence-corrected chi connectivity index (χ0v) is 15.0. The molecule has 0 spiro atoms. The summed E-state index contributed by atoms with van der Waals surface area (Å²) in [6, 6.07) is 20.5. The molecule has 6 heteroatoms. The predicted molar refractivity (Wildman–Crippen MR) is 109 cm³/mol. The number of anilines is 2. The normalized spacial score (nSPS) is 10.7. The fourth-order valence-electron chi connectivity index (χ4n) is 3.14. The lowest BCUT2D eigenvalue weighted by Crippen LogP contribution is -2.13. The number of rotatable bonds is 5. The van der Waals surface area contributed by atoms with Crippen molar-refractivity contribution in [2.45, 2.75) is 6.42 Å². The number of hydrogen-bond acceptors (Lipinski definition) is 5. The molecular weight excluding hydrogens is 352 g/mol. The van der Waals surface area contributed by atoms with Crippen LogP contribution in [0.25, 0.3) is 21.9 Å². The van der Waals surface area contributed by atoms with Crippen LogP contribution in [0, 0.1) is 0 Å².